The van der Waals surface area contributed by atoms with Crippen LogP contribution in [0.5, 0.6) is 0 Å². The van der Waals surface area contributed by atoms with Gasteiger partial charge in [0.15, 0.2) is 0 Å². The van der Waals surface area contributed by atoms with Crippen LogP contribution in [0.1, 0.15) is 6.42 Å². The molecule has 0 aromatic rings. The van der Waals surface area contributed by atoms with Gasteiger partial charge in [-0.1, -0.05) is 12.2 Å². The molecule has 5 nitrogen and oxygen atoms in total. The number of carboxylic acid groups (broad SMARTS) is 1. The number of imide groups is 1. The van der Waals surface area contributed by atoms with Crippen molar-refractivity contribution in [2.24, 2.45) is 35.5 Å². The second-order valence-corrected chi connectivity index (χ2v) is 5.81. The first kappa shape index (κ1) is 10.3. The lowest BCUT2D eigenvalue weighted by Crippen LogP contribution is -2.40. The minimum absolute atomic E-state index is 0.167. The molecule has 6 atom stereocenters. The molecule has 1 aliphatic heterocycles. The van der Waals surface area contributed by atoms with Crippen LogP contribution in [-0.2, 0) is 14.4 Å². The number of amides is 2. The largest absolute Gasteiger partial charge is 0.480 e. The number of carbonyl (C=O) groups excluding carboxylic acids is 2. The molecule has 4 aliphatic carbocycles. The van der Waals surface area contributed by atoms with Crippen molar-refractivity contribution in [3.05, 3.63) is 12.2 Å². The molecule has 5 rings (SSSR count). The Kier molecular flexibility index (Phi) is 1.73. The molecule has 0 spiro atoms. The van der Waals surface area contributed by atoms with Crippen molar-refractivity contribution in [2.75, 3.05) is 6.54 Å². The van der Waals surface area contributed by atoms with Crippen LogP contribution in [0.4, 0.5) is 0 Å². The van der Waals surface area contributed by atoms with Crippen LogP contribution < -0.4 is 0 Å². The van der Waals surface area contributed by atoms with Crippen LogP contribution in [0.15, 0.2) is 12.2 Å². The Balaban J connectivity index is 1.72. The van der Waals surface area contributed by atoms with Crippen LogP contribution in [-0.4, -0.2) is 34.3 Å². The number of hydrogen-bond acceptors (Lipinski definition) is 3. The highest BCUT2D eigenvalue weighted by Crippen LogP contribution is 2.65. The van der Waals surface area contributed by atoms with Gasteiger partial charge >= 0.3 is 5.97 Å². The second-order valence-electron chi connectivity index (χ2n) is 5.81. The number of carbonyl (C=O) groups is 3. The van der Waals surface area contributed by atoms with E-state index in [0.717, 1.165) is 11.3 Å². The van der Waals surface area contributed by atoms with E-state index >= 15 is 0 Å². The summed E-state index contributed by atoms with van der Waals surface area (Å²) in [5.41, 5.74) is 0. The van der Waals surface area contributed by atoms with E-state index in [0.29, 0.717) is 11.8 Å². The maximum Gasteiger partial charge on any atom is 0.323 e. The molecule has 3 fully saturated rings. The van der Waals surface area contributed by atoms with Crippen molar-refractivity contribution < 1.29 is 19.5 Å². The highest BCUT2D eigenvalue weighted by molar-refractivity contribution is 6.07. The second kappa shape index (κ2) is 3.02. The van der Waals surface area contributed by atoms with Crippen molar-refractivity contribution in [1.82, 2.24) is 4.90 Å². The van der Waals surface area contributed by atoms with Crippen LogP contribution in [0.25, 0.3) is 0 Å². The lowest BCUT2D eigenvalue weighted by atomic mass is 9.63. The van der Waals surface area contributed by atoms with Gasteiger partial charge < -0.3 is 5.11 Å². The number of rotatable bonds is 2. The third-order valence-electron chi connectivity index (χ3n) is 5.05. The van der Waals surface area contributed by atoms with E-state index in [1.54, 1.807) is 0 Å². The Bertz CT molecular complexity index is 475. The SMILES string of the molecule is O=C(O)CN1C(=O)[C@H]2[C@@H]3C=C[C@H]([C@@H]4C[C@H]34)[C@@H]2C1=O. The summed E-state index contributed by atoms with van der Waals surface area (Å²) in [6, 6.07) is 0. The summed E-state index contributed by atoms with van der Waals surface area (Å²) in [4.78, 5) is 36.2. The van der Waals surface area contributed by atoms with Gasteiger partial charge in [-0.15, -0.1) is 0 Å². The smallest absolute Gasteiger partial charge is 0.323 e. The molecule has 2 amide bonds. The van der Waals surface area contributed by atoms with E-state index in [1.807, 2.05) is 0 Å². The quantitative estimate of drug-likeness (QED) is 0.555. The molecule has 1 saturated heterocycles. The Morgan fingerprint density at radius 1 is 1.17 bits per heavy atom. The van der Waals surface area contributed by atoms with Gasteiger partial charge in [-0.05, 0) is 30.1 Å². The summed E-state index contributed by atoms with van der Waals surface area (Å²) in [5, 5.41) is 8.79. The van der Waals surface area contributed by atoms with Gasteiger partial charge in [-0.2, -0.15) is 0 Å². The number of nitrogens with zero attached hydrogens (tertiary/aromatic N) is 1. The Hall–Kier alpha value is -1.65. The van der Waals surface area contributed by atoms with Gasteiger partial charge in [0.25, 0.3) is 0 Å². The maximum atomic E-state index is 12.2. The molecule has 5 aliphatic rings. The topological polar surface area (TPSA) is 74.7 Å². The fraction of sp³-hybridized carbons (Fsp3) is 0.615. The zero-order chi connectivity index (χ0) is 12.6. The molecule has 1 heterocycles. The first-order valence-electron chi connectivity index (χ1n) is 6.35. The molecule has 0 aromatic heterocycles. The van der Waals surface area contributed by atoms with Crippen LogP contribution in [0, 0.1) is 35.5 Å². The first-order valence-corrected chi connectivity index (χ1v) is 6.35. The van der Waals surface area contributed by atoms with Crippen molar-refractivity contribution >= 4 is 17.8 Å². The standard InChI is InChI=1S/C13H13NO4/c15-9(16)4-14-12(17)10-5-1-2-6(8-3-7(5)8)11(10)13(14)18/h1-2,5-8,10-11H,3-4H2,(H,15,16)/t5-,6-,7-,8+,10+,11+/m1/s1. The number of aliphatic carboxylic acids is 1. The molecule has 5 heteroatoms. The van der Waals surface area contributed by atoms with E-state index in [9.17, 15) is 14.4 Å². The lowest BCUT2D eigenvalue weighted by molar-refractivity contribution is -0.149. The molecule has 0 radical (unpaired) electrons. The average Bonchev–Trinajstić information content (AvgIpc) is 3.11. The van der Waals surface area contributed by atoms with Gasteiger partial charge in [0, 0.05) is 0 Å². The Morgan fingerprint density at radius 3 is 2.11 bits per heavy atom. The molecule has 18 heavy (non-hydrogen) atoms. The Labute approximate surface area is 103 Å². The minimum Gasteiger partial charge on any atom is -0.480 e. The summed E-state index contributed by atoms with van der Waals surface area (Å²) in [6.07, 6.45) is 5.28. The molecule has 1 N–H and O–H groups in total. The fourth-order valence-corrected chi connectivity index (χ4v) is 4.31. The van der Waals surface area contributed by atoms with Gasteiger partial charge in [0.05, 0.1) is 11.8 Å². The molecule has 2 saturated carbocycles. The Morgan fingerprint density at radius 2 is 1.67 bits per heavy atom. The minimum atomic E-state index is -1.12. The van der Waals surface area contributed by atoms with E-state index < -0.39 is 12.5 Å². The van der Waals surface area contributed by atoms with E-state index in [-0.39, 0.29) is 35.5 Å². The predicted octanol–water partition coefficient (Wildman–Crippen LogP) is 0.124. The van der Waals surface area contributed by atoms with Crippen molar-refractivity contribution in [1.29, 1.82) is 0 Å². The van der Waals surface area contributed by atoms with E-state index in [4.69, 9.17) is 5.11 Å². The summed E-state index contributed by atoms with van der Waals surface area (Å²) >= 11 is 0. The number of allylic oxidation sites excluding steroid dienone is 2. The molecule has 0 unspecified atom stereocenters. The third-order valence-corrected chi connectivity index (χ3v) is 5.05. The number of carboxylic acids is 1. The molecule has 0 aromatic carbocycles. The van der Waals surface area contributed by atoms with Crippen molar-refractivity contribution in [3.8, 4) is 0 Å². The zero-order valence-corrected chi connectivity index (χ0v) is 9.65. The van der Waals surface area contributed by atoms with E-state index in [1.165, 1.54) is 0 Å². The van der Waals surface area contributed by atoms with Gasteiger partial charge in [0.1, 0.15) is 6.54 Å². The first-order chi connectivity index (χ1) is 8.59. The fourth-order valence-electron chi connectivity index (χ4n) is 4.31. The third kappa shape index (κ3) is 1.05. The molecule has 94 valence electrons. The highest BCUT2D eigenvalue weighted by atomic mass is 16.4. The van der Waals surface area contributed by atoms with E-state index in [2.05, 4.69) is 12.2 Å². The van der Waals surface area contributed by atoms with Gasteiger partial charge in [0.2, 0.25) is 11.8 Å². The van der Waals surface area contributed by atoms with Crippen LogP contribution in [0.2, 0.25) is 0 Å². The summed E-state index contributed by atoms with van der Waals surface area (Å²) < 4.78 is 0. The summed E-state index contributed by atoms with van der Waals surface area (Å²) in [5.74, 6) is -0.771. The average molecular weight is 247 g/mol. The lowest BCUT2D eigenvalue weighted by Gasteiger charge is -2.37. The van der Waals surface area contributed by atoms with Gasteiger partial charge in [-0.3, -0.25) is 19.3 Å². The van der Waals surface area contributed by atoms with Gasteiger partial charge in [-0.25, -0.2) is 0 Å². The predicted molar refractivity (Wildman–Crippen MR) is 59.1 cm³/mol. The van der Waals surface area contributed by atoms with Crippen molar-refractivity contribution in [3.63, 3.8) is 0 Å². The number of hydrogen-bond donors (Lipinski definition) is 1. The molecular formula is C13H13NO4. The zero-order valence-electron chi connectivity index (χ0n) is 9.65. The summed E-state index contributed by atoms with van der Waals surface area (Å²) in [7, 11) is 0. The monoisotopic (exact) mass is 247 g/mol. The summed E-state index contributed by atoms with van der Waals surface area (Å²) in [6.45, 7) is -0.487. The number of likely N-dealkylation sites (tertiary alicyclic amines) is 1. The highest BCUT2D eigenvalue weighted by Gasteiger charge is 2.67. The van der Waals surface area contributed by atoms with Crippen LogP contribution in [0.3, 0.4) is 0 Å². The molecule has 2 bridgehead atoms. The maximum absolute atomic E-state index is 12.2. The van der Waals surface area contributed by atoms with Crippen molar-refractivity contribution in [2.45, 2.75) is 6.42 Å². The van der Waals surface area contributed by atoms with Crippen LogP contribution >= 0.6 is 0 Å². The molecular weight excluding hydrogens is 234 g/mol. The normalized spacial score (nSPS) is 47.2.